The average Bonchev–Trinajstić information content (AvgIpc) is 3.47. The van der Waals surface area contributed by atoms with E-state index in [4.69, 9.17) is 18.7 Å². The van der Waals surface area contributed by atoms with Crippen molar-refractivity contribution in [2.75, 3.05) is 33.9 Å². The molecule has 0 unspecified atom stereocenters. The Kier molecular flexibility index (Phi) is 11.0. The third kappa shape index (κ3) is 9.15. The summed E-state index contributed by atoms with van der Waals surface area (Å²) in [5.41, 5.74) is 0.859. The zero-order valence-electron chi connectivity index (χ0n) is 27.3. The smallest absolute Gasteiger partial charge is 0.326 e. The third-order valence-electron chi connectivity index (χ3n) is 7.33. The van der Waals surface area contributed by atoms with Crippen molar-refractivity contribution in [3.63, 3.8) is 0 Å². The van der Waals surface area contributed by atoms with Crippen molar-refractivity contribution in [1.82, 2.24) is 25.3 Å². The van der Waals surface area contributed by atoms with Crippen LogP contribution in [0.15, 0.2) is 53.1 Å². The Morgan fingerprint density at radius 3 is 2.26 bits per heavy atom. The fraction of sp³-hybridized carbons (Fsp3) is 0.424. The van der Waals surface area contributed by atoms with Gasteiger partial charge in [-0.15, -0.1) is 0 Å². The number of carbonyl (C=O) groups excluding carboxylic acids is 5. The summed E-state index contributed by atoms with van der Waals surface area (Å²) in [5, 5.41) is 6.70. The van der Waals surface area contributed by atoms with Gasteiger partial charge in [0.05, 0.1) is 20.6 Å². The highest BCUT2D eigenvalue weighted by Crippen LogP contribution is 2.21. The summed E-state index contributed by atoms with van der Waals surface area (Å²) >= 11 is 0. The van der Waals surface area contributed by atoms with E-state index in [9.17, 15) is 24.0 Å². The molecule has 0 aliphatic carbocycles. The van der Waals surface area contributed by atoms with Crippen LogP contribution in [0.3, 0.4) is 0 Å². The van der Waals surface area contributed by atoms with Crippen LogP contribution in [-0.4, -0.2) is 101 Å². The monoisotopic (exact) mass is 649 g/mol. The number of amides is 3. The average molecular weight is 650 g/mol. The van der Waals surface area contributed by atoms with Crippen LogP contribution in [0, 0.1) is 6.92 Å². The summed E-state index contributed by atoms with van der Waals surface area (Å²) in [6, 6.07) is 11.1. The topological polar surface area (TPSA) is 170 Å². The fourth-order valence-electron chi connectivity index (χ4n) is 5.05. The number of nitrogens with one attached hydrogen (secondary N) is 1. The van der Waals surface area contributed by atoms with Gasteiger partial charge in [-0.3, -0.25) is 24.0 Å². The number of hydrogen-bond donors (Lipinski definition) is 1. The Hall–Kier alpha value is -5.27. The molecule has 3 aromatic rings. The molecule has 1 fully saturated rings. The number of hydrogen-bond acceptors (Lipinski definition) is 11. The lowest BCUT2D eigenvalue weighted by atomic mass is 10.0. The lowest BCUT2D eigenvalue weighted by Gasteiger charge is -2.41. The lowest BCUT2D eigenvalue weighted by Crippen LogP contribution is -2.63. The second kappa shape index (κ2) is 14.9. The van der Waals surface area contributed by atoms with E-state index in [2.05, 4.69) is 15.5 Å². The number of carbonyl (C=O) groups is 5. The van der Waals surface area contributed by atoms with E-state index >= 15 is 0 Å². The molecule has 0 spiro atoms. The van der Waals surface area contributed by atoms with Crippen LogP contribution in [-0.2, 0) is 35.1 Å². The van der Waals surface area contributed by atoms with E-state index in [0.29, 0.717) is 28.6 Å². The zero-order valence-corrected chi connectivity index (χ0v) is 27.3. The van der Waals surface area contributed by atoms with Gasteiger partial charge in [-0.2, -0.15) is 4.98 Å². The van der Waals surface area contributed by atoms with Gasteiger partial charge in [-0.05, 0) is 50.6 Å². The number of ether oxygens (including phenoxy) is 3. The van der Waals surface area contributed by atoms with Crippen molar-refractivity contribution in [3.05, 3.63) is 65.5 Å². The van der Waals surface area contributed by atoms with Crippen molar-refractivity contribution in [1.29, 1.82) is 0 Å². The van der Waals surface area contributed by atoms with Crippen LogP contribution in [0.4, 0.5) is 0 Å². The van der Waals surface area contributed by atoms with Gasteiger partial charge in [0.1, 0.15) is 30.0 Å². The number of piperazine rings is 1. The number of nitrogens with zero attached hydrogens (tertiary/aromatic N) is 4. The molecular weight excluding hydrogens is 610 g/mol. The largest absolute Gasteiger partial charge is 0.497 e. The van der Waals surface area contributed by atoms with Crippen LogP contribution in [0.2, 0.25) is 0 Å². The molecule has 1 N–H and O–H groups in total. The minimum Gasteiger partial charge on any atom is -0.497 e. The number of esters is 2. The quantitative estimate of drug-likeness (QED) is 0.303. The maximum absolute atomic E-state index is 14.2. The lowest BCUT2D eigenvalue weighted by molar-refractivity contribution is -0.164. The summed E-state index contributed by atoms with van der Waals surface area (Å²) in [6.45, 7) is 6.48. The molecule has 14 heteroatoms. The number of aryl methyl sites for hydroxylation is 1. The number of benzene rings is 2. The predicted octanol–water partition coefficient (Wildman–Crippen LogP) is 2.34. The molecule has 1 saturated heterocycles. The first-order valence-corrected chi connectivity index (χ1v) is 15.0. The molecule has 2 atom stereocenters. The summed E-state index contributed by atoms with van der Waals surface area (Å²) in [5.74, 6) is -1.67. The number of methoxy groups -OCH3 is 2. The van der Waals surface area contributed by atoms with Crippen molar-refractivity contribution in [3.8, 4) is 17.1 Å². The molecular formula is C33H39N5O9. The maximum Gasteiger partial charge on any atom is 0.326 e. The molecule has 2 aromatic carbocycles. The molecule has 0 bridgehead atoms. The van der Waals surface area contributed by atoms with Gasteiger partial charge in [0, 0.05) is 37.6 Å². The molecule has 4 rings (SSSR count). The highest BCUT2D eigenvalue weighted by Gasteiger charge is 2.42. The number of aromatic nitrogens is 2. The number of rotatable bonds is 11. The molecule has 1 aliphatic heterocycles. The molecule has 47 heavy (non-hydrogen) atoms. The highest BCUT2D eigenvalue weighted by molar-refractivity contribution is 5.99. The van der Waals surface area contributed by atoms with Gasteiger partial charge >= 0.3 is 11.9 Å². The SMILES string of the molecule is COC(=O)C[C@H]1C(=O)N(CC(=O)OC(C)(C)C)CCN1C(=O)[C@H](Cc1ccc(OC)cc1)NC(=O)c1ccc(-c2noc(C)n2)cc1. The summed E-state index contributed by atoms with van der Waals surface area (Å²) in [6.07, 6.45) is -0.363. The van der Waals surface area contributed by atoms with E-state index in [1.807, 2.05) is 0 Å². The minimum absolute atomic E-state index is 0.00281. The molecule has 2 heterocycles. The van der Waals surface area contributed by atoms with E-state index in [0.717, 1.165) is 0 Å². The van der Waals surface area contributed by atoms with Crippen LogP contribution in [0.5, 0.6) is 5.75 Å². The highest BCUT2D eigenvalue weighted by atomic mass is 16.6. The van der Waals surface area contributed by atoms with Crippen LogP contribution >= 0.6 is 0 Å². The van der Waals surface area contributed by atoms with Gasteiger partial charge in [0.15, 0.2) is 0 Å². The Morgan fingerprint density at radius 1 is 1.00 bits per heavy atom. The second-order valence-electron chi connectivity index (χ2n) is 12.0. The van der Waals surface area contributed by atoms with Crippen molar-refractivity contribution >= 4 is 29.7 Å². The first-order valence-electron chi connectivity index (χ1n) is 15.0. The van der Waals surface area contributed by atoms with Crippen molar-refractivity contribution in [2.45, 2.75) is 58.2 Å². The molecule has 0 saturated carbocycles. The molecule has 250 valence electrons. The Morgan fingerprint density at radius 2 is 1.68 bits per heavy atom. The molecule has 14 nitrogen and oxygen atoms in total. The summed E-state index contributed by atoms with van der Waals surface area (Å²) < 4.78 is 20.5. The Balaban J connectivity index is 1.59. The van der Waals surface area contributed by atoms with E-state index in [1.54, 1.807) is 76.2 Å². The maximum atomic E-state index is 14.2. The van der Waals surface area contributed by atoms with Crippen LogP contribution < -0.4 is 10.1 Å². The van der Waals surface area contributed by atoms with Gasteiger partial charge in [-0.1, -0.05) is 29.4 Å². The first kappa shape index (κ1) is 34.6. The molecule has 3 amide bonds. The molecule has 0 radical (unpaired) electrons. The van der Waals surface area contributed by atoms with Gasteiger partial charge in [-0.25, -0.2) is 0 Å². The van der Waals surface area contributed by atoms with Crippen molar-refractivity contribution < 1.29 is 42.7 Å². The first-order chi connectivity index (χ1) is 22.3. The van der Waals surface area contributed by atoms with Crippen LogP contribution in [0.1, 0.15) is 49.0 Å². The predicted molar refractivity (Wildman–Crippen MR) is 167 cm³/mol. The second-order valence-corrected chi connectivity index (χ2v) is 12.0. The Bertz CT molecular complexity index is 1600. The van der Waals surface area contributed by atoms with E-state index in [1.165, 1.54) is 24.0 Å². The van der Waals surface area contributed by atoms with E-state index in [-0.39, 0.29) is 31.6 Å². The summed E-state index contributed by atoms with van der Waals surface area (Å²) in [4.78, 5) is 73.0. The van der Waals surface area contributed by atoms with E-state index < -0.39 is 53.8 Å². The third-order valence-corrected chi connectivity index (χ3v) is 7.33. The molecule has 1 aliphatic rings. The zero-order chi connectivity index (χ0) is 34.3. The fourth-order valence-corrected chi connectivity index (χ4v) is 5.05. The van der Waals surface area contributed by atoms with Gasteiger partial charge in [0.25, 0.3) is 5.91 Å². The minimum atomic E-state index is -1.26. The Labute approximate surface area is 272 Å². The summed E-state index contributed by atoms with van der Waals surface area (Å²) in [7, 11) is 2.71. The van der Waals surface area contributed by atoms with Crippen LogP contribution in [0.25, 0.3) is 11.4 Å². The standard InChI is InChI=1S/C33H39N5O9/c1-20-34-29(36-47-20)22-9-11-23(12-10-22)30(41)35-25(17-21-7-13-24(44-5)14-8-21)31(42)38-16-15-37(19-28(40)46-33(2,3)4)32(43)26(38)18-27(39)45-6/h7-14,25-26H,15-19H2,1-6H3,(H,35,41)/t25-,26-/m0/s1. The normalized spacial score (nSPS) is 15.5. The van der Waals surface area contributed by atoms with Gasteiger partial charge < -0.3 is 33.9 Å². The molecule has 1 aromatic heterocycles. The van der Waals surface area contributed by atoms with Gasteiger partial charge in [0.2, 0.25) is 23.5 Å². The van der Waals surface area contributed by atoms with Crippen molar-refractivity contribution in [2.24, 2.45) is 0 Å².